The van der Waals surface area contributed by atoms with Crippen molar-refractivity contribution in [2.24, 2.45) is 5.92 Å². The topological polar surface area (TPSA) is 0 Å². The second kappa shape index (κ2) is 7.85. The normalized spacial score (nSPS) is 15.8. The average Bonchev–Trinajstić information content (AvgIpc) is 2.12. The third-order valence-electron chi connectivity index (χ3n) is 2.18. The van der Waals surface area contributed by atoms with Crippen molar-refractivity contribution in [3.63, 3.8) is 0 Å². The molecule has 0 spiro atoms. The van der Waals surface area contributed by atoms with Gasteiger partial charge in [-0.1, -0.05) is 49.8 Å². The van der Waals surface area contributed by atoms with Gasteiger partial charge in [-0.25, -0.2) is 0 Å². The minimum atomic E-state index is 0.583. The second-order valence-electron chi connectivity index (χ2n) is 3.38. The largest absolute Gasteiger partial charge is 0.0911 e. The minimum Gasteiger partial charge on any atom is -0.0911 e. The molecule has 0 aliphatic carbocycles. The molecule has 0 heterocycles. The van der Waals surface area contributed by atoms with Gasteiger partial charge in [-0.2, -0.15) is 0 Å². The van der Waals surface area contributed by atoms with Crippen molar-refractivity contribution in [2.45, 2.75) is 40.5 Å². The van der Waals surface area contributed by atoms with E-state index in [0.29, 0.717) is 5.92 Å². The van der Waals surface area contributed by atoms with Gasteiger partial charge >= 0.3 is 0 Å². The molecule has 0 saturated carbocycles. The van der Waals surface area contributed by atoms with Crippen molar-refractivity contribution in [1.82, 2.24) is 0 Å². The van der Waals surface area contributed by atoms with Gasteiger partial charge in [0.2, 0.25) is 0 Å². The molecular weight excluding hydrogens is 156 g/mol. The first-order valence-electron chi connectivity index (χ1n) is 5.16. The first kappa shape index (κ1) is 12.2. The summed E-state index contributed by atoms with van der Waals surface area (Å²) in [5, 5.41) is 0. The van der Waals surface area contributed by atoms with Crippen molar-refractivity contribution in [3.8, 4) is 0 Å². The van der Waals surface area contributed by atoms with Crippen LogP contribution in [0.1, 0.15) is 40.5 Å². The van der Waals surface area contributed by atoms with Crippen LogP contribution >= 0.6 is 0 Å². The Morgan fingerprint density at radius 3 is 2.54 bits per heavy atom. The van der Waals surface area contributed by atoms with Crippen molar-refractivity contribution in [2.75, 3.05) is 0 Å². The molecule has 0 fully saturated rings. The summed E-state index contributed by atoms with van der Waals surface area (Å²) in [7, 11) is 0. The second-order valence-corrected chi connectivity index (χ2v) is 3.38. The Balaban J connectivity index is 3.93. The predicted octanol–water partition coefficient (Wildman–Crippen LogP) is 4.50. The molecular formula is C13H22. The molecule has 0 aliphatic heterocycles. The molecule has 0 radical (unpaired) electrons. The zero-order valence-electron chi connectivity index (χ0n) is 9.38. The molecule has 0 bridgehead atoms. The first-order chi connectivity index (χ1) is 6.22. The molecule has 0 saturated heterocycles. The summed E-state index contributed by atoms with van der Waals surface area (Å²) in [5.74, 6) is 0.583. The summed E-state index contributed by atoms with van der Waals surface area (Å²) in [5.41, 5.74) is 1.46. The van der Waals surface area contributed by atoms with Crippen LogP contribution in [-0.2, 0) is 0 Å². The summed E-state index contributed by atoms with van der Waals surface area (Å²) in [6.07, 6.45) is 13.3. The Bertz CT molecular complexity index is 194. The molecule has 0 rings (SSSR count). The lowest BCUT2D eigenvalue weighted by atomic mass is 10.0. The lowest BCUT2D eigenvalue weighted by molar-refractivity contribution is 0.854. The maximum absolute atomic E-state index is 2.30. The SMILES string of the molecule is C/C=C/C(C)/C(C)=C/C/C=C/CC. The van der Waals surface area contributed by atoms with E-state index in [9.17, 15) is 0 Å². The Kier molecular flexibility index (Phi) is 7.38. The van der Waals surface area contributed by atoms with E-state index in [1.165, 1.54) is 5.57 Å². The molecule has 74 valence electrons. The molecule has 0 aromatic carbocycles. The van der Waals surface area contributed by atoms with Gasteiger partial charge in [-0.3, -0.25) is 0 Å². The van der Waals surface area contributed by atoms with Crippen molar-refractivity contribution < 1.29 is 0 Å². The fraction of sp³-hybridized carbons (Fsp3) is 0.538. The van der Waals surface area contributed by atoms with E-state index >= 15 is 0 Å². The Morgan fingerprint density at radius 1 is 1.31 bits per heavy atom. The van der Waals surface area contributed by atoms with Crippen molar-refractivity contribution in [3.05, 3.63) is 36.0 Å². The zero-order chi connectivity index (χ0) is 10.1. The maximum atomic E-state index is 2.30. The Labute approximate surface area is 83.0 Å². The number of hydrogen-bond acceptors (Lipinski definition) is 0. The molecule has 0 N–H and O–H groups in total. The van der Waals surface area contributed by atoms with Crippen molar-refractivity contribution >= 4 is 0 Å². The standard InChI is InChI=1S/C13H22/c1-5-7-8-9-11-13(4)12(3)10-6-2/h6-8,10-12H,5,9H2,1-4H3/b8-7+,10-6+,13-11+. The van der Waals surface area contributed by atoms with Crippen LogP contribution in [0.4, 0.5) is 0 Å². The van der Waals surface area contributed by atoms with E-state index in [2.05, 4.69) is 58.1 Å². The average molecular weight is 178 g/mol. The van der Waals surface area contributed by atoms with Gasteiger partial charge in [0.15, 0.2) is 0 Å². The van der Waals surface area contributed by atoms with Crippen LogP contribution in [0.3, 0.4) is 0 Å². The Hall–Kier alpha value is -0.780. The molecule has 1 atom stereocenters. The van der Waals surface area contributed by atoms with E-state index < -0.39 is 0 Å². The van der Waals surface area contributed by atoms with Crippen LogP contribution in [0.5, 0.6) is 0 Å². The van der Waals surface area contributed by atoms with Gasteiger partial charge in [0.05, 0.1) is 0 Å². The quantitative estimate of drug-likeness (QED) is 0.544. The fourth-order valence-corrected chi connectivity index (χ4v) is 1.14. The highest BCUT2D eigenvalue weighted by Crippen LogP contribution is 2.11. The van der Waals surface area contributed by atoms with Crippen LogP contribution in [-0.4, -0.2) is 0 Å². The summed E-state index contributed by atoms with van der Waals surface area (Å²) in [4.78, 5) is 0. The molecule has 0 aromatic heterocycles. The summed E-state index contributed by atoms with van der Waals surface area (Å²) in [6, 6.07) is 0. The van der Waals surface area contributed by atoms with E-state index in [1.54, 1.807) is 0 Å². The summed E-state index contributed by atoms with van der Waals surface area (Å²) >= 11 is 0. The minimum absolute atomic E-state index is 0.583. The number of rotatable bonds is 5. The molecule has 13 heavy (non-hydrogen) atoms. The smallest absolute Gasteiger partial charge is 0.00544 e. The summed E-state index contributed by atoms with van der Waals surface area (Å²) < 4.78 is 0. The third-order valence-corrected chi connectivity index (χ3v) is 2.18. The highest BCUT2D eigenvalue weighted by molar-refractivity contribution is 5.10. The molecule has 0 aromatic rings. The van der Waals surface area contributed by atoms with Gasteiger partial charge < -0.3 is 0 Å². The van der Waals surface area contributed by atoms with Crippen LogP contribution < -0.4 is 0 Å². The van der Waals surface area contributed by atoms with Gasteiger partial charge in [-0.05, 0) is 32.6 Å². The predicted molar refractivity (Wildman–Crippen MR) is 61.8 cm³/mol. The third kappa shape index (κ3) is 6.39. The molecule has 0 aliphatic rings. The van der Waals surface area contributed by atoms with Crippen LogP contribution in [0.2, 0.25) is 0 Å². The zero-order valence-corrected chi connectivity index (χ0v) is 9.38. The lowest BCUT2D eigenvalue weighted by Gasteiger charge is -2.05. The van der Waals surface area contributed by atoms with E-state index in [-0.39, 0.29) is 0 Å². The maximum Gasteiger partial charge on any atom is -0.00544 e. The highest BCUT2D eigenvalue weighted by atomic mass is 14.0. The highest BCUT2D eigenvalue weighted by Gasteiger charge is 1.96. The molecule has 0 amide bonds. The van der Waals surface area contributed by atoms with Gasteiger partial charge in [-0.15, -0.1) is 0 Å². The molecule has 1 unspecified atom stereocenters. The van der Waals surface area contributed by atoms with E-state index in [1.807, 2.05) is 0 Å². The number of hydrogen-bond donors (Lipinski definition) is 0. The molecule has 0 heteroatoms. The van der Waals surface area contributed by atoms with Crippen molar-refractivity contribution in [1.29, 1.82) is 0 Å². The van der Waals surface area contributed by atoms with Crippen LogP contribution in [0.15, 0.2) is 36.0 Å². The number of allylic oxidation sites excluding steroid dienone is 6. The Morgan fingerprint density at radius 2 is 2.00 bits per heavy atom. The van der Waals surface area contributed by atoms with Crippen LogP contribution in [0.25, 0.3) is 0 Å². The monoisotopic (exact) mass is 178 g/mol. The molecule has 0 nitrogen and oxygen atoms in total. The van der Waals surface area contributed by atoms with E-state index in [4.69, 9.17) is 0 Å². The van der Waals surface area contributed by atoms with Gasteiger partial charge in [0.1, 0.15) is 0 Å². The fourth-order valence-electron chi connectivity index (χ4n) is 1.14. The first-order valence-corrected chi connectivity index (χ1v) is 5.16. The van der Waals surface area contributed by atoms with E-state index in [0.717, 1.165) is 12.8 Å². The summed E-state index contributed by atoms with van der Waals surface area (Å²) in [6.45, 7) is 8.66. The van der Waals surface area contributed by atoms with Gasteiger partial charge in [0, 0.05) is 0 Å². The lowest BCUT2D eigenvalue weighted by Crippen LogP contribution is -1.90. The van der Waals surface area contributed by atoms with Gasteiger partial charge in [0.25, 0.3) is 0 Å². The van der Waals surface area contributed by atoms with Crippen LogP contribution in [0, 0.1) is 5.92 Å².